The molecule has 7 heteroatoms. The Morgan fingerprint density at radius 3 is 2.83 bits per heavy atom. The molecule has 6 nitrogen and oxygen atoms in total. The van der Waals surface area contributed by atoms with Crippen LogP contribution in [0.2, 0.25) is 0 Å². The van der Waals surface area contributed by atoms with Crippen molar-refractivity contribution in [1.29, 1.82) is 0 Å². The predicted octanol–water partition coefficient (Wildman–Crippen LogP) is 0.885. The summed E-state index contributed by atoms with van der Waals surface area (Å²) in [5.74, 6) is 0.550. The van der Waals surface area contributed by atoms with Gasteiger partial charge in [0, 0.05) is 44.3 Å². The minimum atomic E-state index is -2.96. The number of amides is 1. The third-order valence-electron chi connectivity index (χ3n) is 4.39. The molecule has 1 N–H and O–H groups in total. The summed E-state index contributed by atoms with van der Waals surface area (Å²) >= 11 is 0. The van der Waals surface area contributed by atoms with Crippen LogP contribution < -0.4 is 5.32 Å². The molecule has 0 saturated carbocycles. The summed E-state index contributed by atoms with van der Waals surface area (Å²) in [6, 6.07) is 3.81. The number of hydrogen-bond donors (Lipinski definition) is 1. The Balaban J connectivity index is 1.90. The Hall–Kier alpha value is -1.47. The quantitative estimate of drug-likeness (QED) is 0.751. The summed E-state index contributed by atoms with van der Waals surface area (Å²) in [6.07, 6.45) is 7.07. The maximum absolute atomic E-state index is 12.3. The van der Waals surface area contributed by atoms with E-state index < -0.39 is 9.84 Å². The van der Waals surface area contributed by atoms with E-state index in [-0.39, 0.29) is 17.7 Å². The first kappa shape index (κ1) is 18.9. The number of sulfone groups is 1. The van der Waals surface area contributed by atoms with Crippen LogP contribution in [0.15, 0.2) is 24.5 Å². The molecule has 1 aromatic rings. The largest absolute Gasteiger partial charge is 0.351 e. The molecule has 0 aromatic carbocycles. The second-order valence-electron chi connectivity index (χ2n) is 6.65. The molecule has 2 rings (SSSR count). The van der Waals surface area contributed by atoms with E-state index in [1.807, 2.05) is 12.1 Å². The van der Waals surface area contributed by atoms with Crippen LogP contribution in [0.3, 0.4) is 0 Å². The number of nitrogens with zero attached hydrogens (tertiary/aromatic N) is 2. The fourth-order valence-corrected chi connectivity index (χ4v) is 3.80. The molecule has 1 aromatic heterocycles. The molecule has 24 heavy (non-hydrogen) atoms. The number of carbonyl (C=O) groups excluding carboxylic acids is 1. The Bertz CT molecular complexity index is 634. The molecule has 1 aliphatic rings. The van der Waals surface area contributed by atoms with Gasteiger partial charge >= 0.3 is 0 Å². The molecule has 2 atom stereocenters. The Kier molecular flexibility index (Phi) is 6.74. The van der Waals surface area contributed by atoms with Crippen molar-refractivity contribution in [1.82, 2.24) is 15.2 Å². The zero-order valence-electron chi connectivity index (χ0n) is 14.4. The van der Waals surface area contributed by atoms with Crippen LogP contribution >= 0.6 is 0 Å². The third kappa shape index (κ3) is 6.20. The smallest absolute Gasteiger partial charge is 0.224 e. The third-order valence-corrected chi connectivity index (χ3v) is 5.31. The average molecular weight is 353 g/mol. The Morgan fingerprint density at radius 1 is 1.42 bits per heavy atom. The van der Waals surface area contributed by atoms with Crippen LogP contribution in [-0.2, 0) is 21.1 Å². The lowest BCUT2D eigenvalue weighted by atomic mass is 9.98. The van der Waals surface area contributed by atoms with Crippen molar-refractivity contribution in [2.24, 2.45) is 5.92 Å². The molecule has 1 saturated heterocycles. The zero-order valence-corrected chi connectivity index (χ0v) is 15.3. The zero-order chi connectivity index (χ0) is 17.6. The van der Waals surface area contributed by atoms with Crippen molar-refractivity contribution < 1.29 is 13.2 Å². The summed E-state index contributed by atoms with van der Waals surface area (Å²) in [4.78, 5) is 18.5. The van der Waals surface area contributed by atoms with Gasteiger partial charge in [-0.1, -0.05) is 19.4 Å². The van der Waals surface area contributed by atoms with Gasteiger partial charge in [-0.15, -0.1) is 0 Å². The Labute approximate surface area is 144 Å². The second kappa shape index (κ2) is 8.58. The van der Waals surface area contributed by atoms with Gasteiger partial charge in [-0.3, -0.25) is 14.7 Å². The van der Waals surface area contributed by atoms with Crippen LogP contribution in [-0.4, -0.2) is 61.9 Å². The highest BCUT2D eigenvalue weighted by molar-refractivity contribution is 7.90. The molecule has 0 spiro atoms. The van der Waals surface area contributed by atoms with Crippen molar-refractivity contribution in [3.8, 4) is 0 Å². The topological polar surface area (TPSA) is 79.4 Å². The monoisotopic (exact) mass is 353 g/mol. The minimum absolute atomic E-state index is 0.000865. The SMILES string of the molecule is CCC[C@H]1CN(CCS(C)(=O)=O)C[C@@H]1NC(=O)Cc1cccnc1. The molecule has 2 heterocycles. The normalized spacial score (nSPS) is 21.8. The average Bonchev–Trinajstić information content (AvgIpc) is 2.88. The maximum atomic E-state index is 12.3. The lowest BCUT2D eigenvalue weighted by Crippen LogP contribution is -2.41. The number of likely N-dealkylation sites (tertiary alicyclic amines) is 1. The second-order valence-corrected chi connectivity index (χ2v) is 8.91. The van der Waals surface area contributed by atoms with Crippen molar-refractivity contribution in [3.05, 3.63) is 30.1 Å². The summed E-state index contributed by atoms with van der Waals surface area (Å²) < 4.78 is 22.7. The van der Waals surface area contributed by atoms with E-state index in [9.17, 15) is 13.2 Å². The first-order chi connectivity index (χ1) is 11.4. The molecule has 1 amide bonds. The van der Waals surface area contributed by atoms with Gasteiger partial charge in [-0.25, -0.2) is 8.42 Å². The van der Waals surface area contributed by atoms with E-state index in [1.165, 1.54) is 6.26 Å². The predicted molar refractivity (Wildman–Crippen MR) is 94.4 cm³/mol. The van der Waals surface area contributed by atoms with Crippen molar-refractivity contribution in [2.75, 3.05) is 31.6 Å². The summed E-state index contributed by atoms with van der Waals surface area (Å²) in [6.45, 7) is 4.24. The van der Waals surface area contributed by atoms with Gasteiger partial charge in [0.25, 0.3) is 0 Å². The van der Waals surface area contributed by atoms with Crippen LogP contribution in [0.25, 0.3) is 0 Å². The fraction of sp³-hybridized carbons (Fsp3) is 0.647. The molecule has 1 fully saturated rings. The minimum Gasteiger partial charge on any atom is -0.351 e. The van der Waals surface area contributed by atoms with Crippen LogP contribution in [0.1, 0.15) is 25.3 Å². The van der Waals surface area contributed by atoms with Gasteiger partial charge in [0.1, 0.15) is 9.84 Å². The first-order valence-electron chi connectivity index (χ1n) is 8.45. The van der Waals surface area contributed by atoms with Crippen molar-refractivity contribution in [2.45, 2.75) is 32.2 Å². The summed E-state index contributed by atoms with van der Waals surface area (Å²) in [5, 5.41) is 3.13. The number of pyridine rings is 1. The van der Waals surface area contributed by atoms with Crippen LogP contribution in [0.4, 0.5) is 0 Å². The molecule has 0 aliphatic carbocycles. The molecule has 0 unspecified atom stereocenters. The van der Waals surface area contributed by atoms with Gasteiger partial charge in [-0.2, -0.15) is 0 Å². The number of nitrogens with one attached hydrogen (secondary N) is 1. The maximum Gasteiger partial charge on any atom is 0.224 e. The van der Waals surface area contributed by atoms with E-state index >= 15 is 0 Å². The van der Waals surface area contributed by atoms with Gasteiger partial charge < -0.3 is 5.32 Å². The number of hydrogen-bond acceptors (Lipinski definition) is 5. The Morgan fingerprint density at radius 2 is 2.21 bits per heavy atom. The van der Waals surface area contributed by atoms with E-state index in [2.05, 4.69) is 22.1 Å². The van der Waals surface area contributed by atoms with Gasteiger partial charge in [0.15, 0.2) is 0 Å². The molecule has 0 bridgehead atoms. The molecular weight excluding hydrogens is 326 g/mol. The molecular formula is C17H27N3O3S. The first-order valence-corrected chi connectivity index (χ1v) is 10.5. The fourth-order valence-electron chi connectivity index (χ4n) is 3.21. The highest BCUT2D eigenvalue weighted by atomic mass is 32.2. The van der Waals surface area contributed by atoms with Gasteiger partial charge in [0.05, 0.1) is 12.2 Å². The lowest BCUT2D eigenvalue weighted by molar-refractivity contribution is -0.121. The highest BCUT2D eigenvalue weighted by Crippen LogP contribution is 2.22. The number of aromatic nitrogens is 1. The van der Waals surface area contributed by atoms with E-state index in [4.69, 9.17) is 0 Å². The number of carbonyl (C=O) groups is 1. The number of rotatable bonds is 8. The van der Waals surface area contributed by atoms with E-state index in [0.717, 1.165) is 31.5 Å². The molecule has 134 valence electrons. The highest BCUT2D eigenvalue weighted by Gasteiger charge is 2.33. The standard InChI is InChI=1S/C17H27N3O3S/c1-3-5-15-12-20(8-9-24(2,22)23)13-16(15)19-17(21)10-14-6-4-7-18-11-14/h4,6-7,11,15-16H,3,5,8-10,12-13H2,1-2H3,(H,19,21)/t15-,16-/m0/s1. The van der Waals surface area contributed by atoms with E-state index in [1.54, 1.807) is 12.4 Å². The van der Waals surface area contributed by atoms with Crippen LogP contribution in [0.5, 0.6) is 0 Å². The van der Waals surface area contributed by atoms with E-state index in [0.29, 0.717) is 18.9 Å². The molecule has 0 radical (unpaired) electrons. The van der Waals surface area contributed by atoms with Crippen molar-refractivity contribution >= 4 is 15.7 Å². The van der Waals surface area contributed by atoms with Gasteiger partial charge in [-0.05, 0) is 24.0 Å². The summed E-state index contributed by atoms with van der Waals surface area (Å²) in [7, 11) is -2.96. The summed E-state index contributed by atoms with van der Waals surface area (Å²) in [5.41, 5.74) is 0.897. The van der Waals surface area contributed by atoms with Gasteiger partial charge in [0.2, 0.25) is 5.91 Å². The lowest BCUT2D eigenvalue weighted by Gasteiger charge is -2.19. The van der Waals surface area contributed by atoms with Crippen LogP contribution in [0, 0.1) is 5.92 Å². The van der Waals surface area contributed by atoms with Crippen molar-refractivity contribution in [3.63, 3.8) is 0 Å². The molecule has 1 aliphatic heterocycles.